The topological polar surface area (TPSA) is 45.7 Å². The van der Waals surface area contributed by atoms with Gasteiger partial charge in [0.15, 0.2) is 5.96 Å². The van der Waals surface area contributed by atoms with Crippen LogP contribution >= 0.6 is 24.0 Å². The number of aliphatic imine (C=N–C) groups is 1. The molecule has 1 aromatic carbocycles. The number of methoxy groups -OCH3 is 1. The van der Waals surface area contributed by atoms with Crippen molar-refractivity contribution >= 4 is 29.9 Å². The number of benzene rings is 1. The van der Waals surface area contributed by atoms with Crippen LogP contribution in [0.1, 0.15) is 19.4 Å². The van der Waals surface area contributed by atoms with E-state index < -0.39 is 0 Å². The highest BCUT2D eigenvalue weighted by atomic mass is 127. The predicted molar refractivity (Wildman–Crippen MR) is 91.1 cm³/mol. The Balaban J connectivity index is 0.00000361. The molecule has 114 valence electrons. The van der Waals surface area contributed by atoms with E-state index in [1.54, 1.807) is 13.2 Å². The molecule has 1 unspecified atom stereocenters. The van der Waals surface area contributed by atoms with Crippen molar-refractivity contribution in [3.63, 3.8) is 0 Å². The van der Waals surface area contributed by atoms with Crippen LogP contribution in [0.5, 0.6) is 0 Å². The molecular formula is C14H23FIN3O. The monoisotopic (exact) mass is 395 g/mol. The second-order valence-corrected chi connectivity index (χ2v) is 4.33. The van der Waals surface area contributed by atoms with Crippen LogP contribution in [0.4, 0.5) is 4.39 Å². The molecule has 4 nitrogen and oxygen atoms in total. The average Bonchev–Trinajstić information content (AvgIpc) is 2.36. The summed E-state index contributed by atoms with van der Waals surface area (Å²) in [6.07, 6.45) is 0. The second-order valence-electron chi connectivity index (χ2n) is 4.33. The van der Waals surface area contributed by atoms with Crippen molar-refractivity contribution in [1.82, 2.24) is 10.6 Å². The lowest BCUT2D eigenvalue weighted by molar-refractivity contribution is 0.179. The van der Waals surface area contributed by atoms with Gasteiger partial charge in [-0.05, 0) is 31.5 Å². The van der Waals surface area contributed by atoms with Crippen molar-refractivity contribution in [1.29, 1.82) is 0 Å². The highest BCUT2D eigenvalue weighted by Crippen LogP contribution is 2.04. The molecular weight excluding hydrogens is 372 g/mol. The summed E-state index contributed by atoms with van der Waals surface area (Å²) in [4.78, 5) is 4.42. The van der Waals surface area contributed by atoms with Crippen LogP contribution < -0.4 is 10.6 Å². The zero-order valence-corrected chi connectivity index (χ0v) is 14.5. The third kappa shape index (κ3) is 7.64. The van der Waals surface area contributed by atoms with E-state index in [1.807, 2.05) is 19.9 Å². The number of hydrogen-bond donors (Lipinski definition) is 2. The Labute approximate surface area is 137 Å². The number of ether oxygens (including phenoxy) is 1. The number of nitrogens with one attached hydrogen (secondary N) is 2. The standard InChI is InChI=1S/C14H22FN3O.HI/c1-4-16-14(18-11(2)10-19-3)17-9-12-6-5-7-13(15)8-12;/h5-8,11H,4,9-10H2,1-3H3,(H2,16,17,18);1H. The van der Waals surface area contributed by atoms with Gasteiger partial charge in [0.2, 0.25) is 0 Å². The van der Waals surface area contributed by atoms with Crippen LogP contribution in [0, 0.1) is 5.82 Å². The van der Waals surface area contributed by atoms with Crippen molar-refractivity contribution in [2.75, 3.05) is 20.3 Å². The Morgan fingerprint density at radius 3 is 2.80 bits per heavy atom. The molecule has 0 heterocycles. The van der Waals surface area contributed by atoms with Crippen LogP contribution in [0.15, 0.2) is 29.3 Å². The van der Waals surface area contributed by atoms with Gasteiger partial charge in [-0.25, -0.2) is 9.38 Å². The van der Waals surface area contributed by atoms with Crippen LogP contribution in [0.25, 0.3) is 0 Å². The maximum Gasteiger partial charge on any atom is 0.191 e. The van der Waals surface area contributed by atoms with E-state index >= 15 is 0 Å². The minimum Gasteiger partial charge on any atom is -0.383 e. The Kier molecular flexibility index (Phi) is 10.4. The summed E-state index contributed by atoms with van der Waals surface area (Å²) >= 11 is 0. The summed E-state index contributed by atoms with van der Waals surface area (Å²) in [5.74, 6) is 0.467. The zero-order chi connectivity index (χ0) is 14.1. The first-order valence-electron chi connectivity index (χ1n) is 6.44. The molecule has 1 rings (SSSR count). The summed E-state index contributed by atoms with van der Waals surface area (Å²) in [5.41, 5.74) is 0.844. The summed E-state index contributed by atoms with van der Waals surface area (Å²) < 4.78 is 18.1. The normalized spacial score (nSPS) is 12.5. The van der Waals surface area contributed by atoms with Gasteiger partial charge < -0.3 is 15.4 Å². The second kappa shape index (κ2) is 10.8. The van der Waals surface area contributed by atoms with Crippen molar-refractivity contribution in [2.45, 2.75) is 26.4 Å². The number of hydrogen-bond acceptors (Lipinski definition) is 2. The molecule has 0 aliphatic rings. The molecule has 0 fully saturated rings. The van der Waals surface area contributed by atoms with Gasteiger partial charge >= 0.3 is 0 Å². The summed E-state index contributed by atoms with van der Waals surface area (Å²) in [6, 6.07) is 6.63. The maximum atomic E-state index is 13.1. The lowest BCUT2D eigenvalue weighted by atomic mass is 10.2. The highest BCUT2D eigenvalue weighted by Gasteiger charge is 2.04. The molecule has 6 heteroatoms. The molecule has 20 heavy (non-hydrogen) atoms. The largest absolute Gasteiger partial charge is 0.383 e. The average molecular weight is 395 g/mol. The molecule has 0 aliphatic carbocycles. The van der Waals surface area contributed by atoms with Gasteiger partial charge in [-0.2, -0.15) is 0 Å². The SMILES string of the molecule is CCNC(=NCc1cccc(F)c1)NC(C)COC.I. The minimum absolute atomic E-state index is 0. The fraction of sp³-hybridized carbons (Fsp3) is 0.500. The molecule has 0 aromatic heterocycles. The lowest BCUT2D eigenvalue weighted by Gasteiger charge is -2.16. The van der Waals surface area contributed by atoms with Gasteiger partial charge in [0, 0.05) is 19.7 Å². The first-order valence-corrected chi connectivity index (χ1v) is 6.44. The molecule has 0 saturated carbocycles. The Bertz CT molecular complexity index is 415. The molecule has 1 aromatic rings. The molecule has 0 radical (unpaired) electrons. The summed E-state index contributed by atoms with van der Waals surface area (Å²) in [6.45, 7) is 5.82. The molecule has 0 aliphatic heterocycles. The quantitative estimate of drug-likeness (QED) is 0.442. The van der Waals surface area contributed by atoms with Crippen LogP contribution in [0.3, 0.4) is 0 Å². The number of rotatable bonds is 6. The van der Waals surface area contributed by atoms with Gasteiger partial charge in [-0.15, -0.1) is 24.0 Å². The fourth-order valence-corrected chi connectivity index (χ4v) is 1.65. The van der Waals surface area contributed by atoms with E-state index in [-0.39, 0.29) is 35.8 Å². The van der Waals surface area contributed by atoms with E-state index in [0.717, 1.165) is 12.1 Å². The van der Waals surface area contributed by atoms with E-state index in [0.29, 0.717) is 19.1 Å². The first kappa shape index (κ1) is 19.1. The lowest BCUT2D eigenvalue weighted by Crippen LogP contribution is -2.43. The molecule has 0 amide bonds. The number of guanidine groups is 1. The summed E-state index contributed by atoms with van der Waals surface area (Å²) in [7, 11) is 1.66. The zero-order valence-electron chi connectivity index (χ0n) is 12.1. The number of halogens is 2. The molecule has 0 spiro atoms. The van der Waals surface area contributed by atoms with Crippen molar-refractivity contribution in [2.24, 2.45) is 4.99 Å². The minimum atomic E-state index is -0.238. The van der Waals surface area contributed by atoms with Gasteiger partial charge in [0.05, 0.1) is 13.2 Å². The number of nitrogens with zero attached hydrogens (tertiary/aromatic N) is 1. The fourth-order valence-electron chi connectivity index (χ4n) is 1.65. The van der Waals surface area contributed by atoms with Gasteiger partial charge in [0.25, 0.3) is 0 Å². The third-order valence-corrected chi connectivity index (χ3v) is 2.45. The highest BCUT2D eigenvalue weighted by molar-refractivity contribution is 14.0. The van der Waals surface area contributed by atoms with Gasteiger partial charge in [-0.1, -0.05) is 12.1 Å². The smallest absolute Gasteiger partial charge is 0.191 e. The molecule has 0 bridgehead atoms. The molecule has 0 saturated heterocycles. The van der Waals surface area contributed by atoms with E-state index in [2.05, 4.69) is 15.6 Å². The van der Waals surface area contributed by atoms with Crippen LogP contribution in [-0.4, -0.2) is 32.3 Å². The van der Waals surface area contributed by atoms with E-state index in [9.17, 15) is 4.39 Å². The Morgan fingerprint density at radius 1 is 1.45 bits per heavy atom. The van der Waals surface area contributed by atoms with Crippen molar-refractivity contribution < 1.29 is 9.13 Å². The van der Waals surface area contributed by atoms with Crippen molar-refractivity contribution in [3.05, 3.63) is 35.6 Å². The van der Waals surface area contributed by atoms with Crippen molar-refractivity contribution in [3.8, 4) is 0 Å². The van der Waals surface area contributed by atoms with Gasteiger partial charge in [-0.3, -0.25) is 0 Å². The maximum absolute atomic E-state index is 13.1. The first-order chi connectivity index (χ1) is 9.15. The summed E-state index contributed by atoms with van der Waals surface area (Å²) in [5, 5.41) is 6.37. The van der Waals surface area contributed by atoms with Crippen LogP contribution in [-0.2, 0) is 11.3 Å². The predicted octanol–water partition coefficient (Wildman–Crippen LogP) is 2.53. The molecule has 2 N–H and O–H groups in total. The van der Waals surface area contributed by atoms with Crippen LogP contribution in [0.2, 0.25) is 0 Å². The van der Waals surface area contributed by atoms with E-state index in [1.165, 1.54) is 12.1 Å². The third-order valence-electron chi connectivity index (χ3n) is 2.45. The molecule has 1 atom stereocenters. The van der Waals surface area contributed by atoms with E-state index in [4.69, 9.17) is 4.74 Å². The Hall–Kier alpha value is -0.890. The van der Waals surface area contributed by atoms with Gasteiger partial charge in [0.1, 0.15) is 5.82 Å². The Morgan fingerprint density at radius 2 is 2.20 bits per heavy atom.